The fraction of sp³-hybridized carbons (Fsp3) is 0.188. The van der Waals surface area contributed by atoms with Gasteiger partial charge in [-0.2, -0.15) is 0 Å². The molecule has 2 aromatic rings. The summed E-state index contributed by atoms with van der Waals surface area (Å²) in [4.78, 5) is 13.2. The molecule has 2 heteroatoms. The van der Waals surface area contributed by atoms with Crippen LogP contribution >= 0.6 is 11.8 Å². The maximum absolute atomic E-state index is 11.9. The quantitative estimate of drug-likeness (QED) is 0.588. The Morgan fingerprint density at radius 1 is 1.00 bits per heavy atom. The van der Waals surface area contributed by atoms with Crippen molar-refractivity contribution in [2.45, 2.75) is 17.7 Å². The predicted octanol–water partition coefficient (Wildman–Crippen LogP) is 4.22. The zero-order valence-corrected chi connectivity index (χ0v) is 11.2. The van der Waals surface area contributed by atoms with Crippen molar-refractivity contribution in [2.75, 3.05) is 6.26 Å². The van der Waals surface area contributed by atoms with Gasteiger partial charge in [-0.3, -0.25) is 4.79 Å². The Labute approximate surface area is 112 Å². The molecule has 0 N–H and O–H groups in total. The fourth-order valence-electron chi connectivity index (χ4n) is 1.82. The molecule has 18 heavy (non-hydrogen) atoms. The molecule has 2 rings (SSSR count). The molecule has 0 fully saturated rings. The smallest absolute Gasteiger partial charge is 0.163 e. The van der Waals surface area contributed by atoms with E-state index in [0.717, 1.165) is 12.0 Å². The van der Waals surface area contributed by atoms with Crippen LogP contribution in [0.1, 0.15) is 22.3 Å². The summed E-state index contributed by atoms with van der Waals surface area (Å²) in [6, 6.07) is 17.9. The van der Waals surface area contributed by atoms with E-state index in [0.29, 0.717) is 6.42 Å². The molecule has 0 atom stereocenters. The van der Waals surface area contributed by atoms with Gasteiger partial charge in [-0.05, 0) is 30.4 Å². The number of hydrogen-bond donors (Lipinski definition) is 0. The highest BCUT2D eigenvalue weighted by molar-refractivity contribution is 7.98. The van der Waals surface area contributed by atoms with Crippen LogP contribution < -0.4 is 0 Å². The molecule has 0 bridgehead atoms. The minimum absolute atomic E-state index is 0.213. The molecule has 0 aromatic heterocycles. The second kappa shape index (κ2) is 6.41. The number of carbonyl (C=O) groups excluding carboxylic acids is 1. The highest BCUT2D eigenvalue weighted by atomic mass is 32.2. The Hall–Kier alpha value is -1.54. The number of carbonyl (C=O) groups is 1. The van der Waals surface area contributed by atoms with Gasteiger partial charge < -0.3 is 0 Å². The average Bonchev–Trinajstić information content (AvgIpc) is 2.46. The molecule has 0 aliphatic heterocycles. The number of thioether (sulfide) groups is 1. The van der Waals surface area contributed by atoms with Crippen LogP contribution in [0.5, 0.6) is 0 Å². The summed E-state index contributed by atoms with van der Waals surface area (Å²) in [6.07, 6.45) is 3.44. The predicted molar refractivity (Wildman–Crippen MR) is 77.3 cm³/mol. The van der Waals surface area contributed by atoms with Crippen molar-refractivity contribution in [3.8, 4) is 0 Å². The van der Waals surface area contributed by atoms with Gasteiger partial charge >= 0.3 is 0 Å². The maximum Gasteiger partial charge on any atom is 0.163 e. The lowest BCUT2D eigenvalue weighted by atomic mass is 10.0. The molecule has 0 saturated heterocycles. The first kappa shape index (κ1) is 12.9. The second-order valence-corrected chi connectivity index (χ2v) is 5.02. The Balaban J connectivity index is 1.93. The minimum Gasteiger partial charge on any atom is -0.294 e. The summed E-state index contributed by atoms with van der Waals surface area (Å²) in [5.41, 5.74) is 2.02. The Morgan fingerprint density at radius 3 is 2.28 bits per heavy atom. The van der Waals surface area contributed by atoms with Gasteiger partial charge in [-0.1, -0.05) is 42.5 Å². The van der Waals surface area contributed by atoms with Gasteiger partial charge in [0.15, 0.2) is 5.78 Å². The van der Waals surface area contributed by atoms with Crippen LogP contribution in [0.3, 0.4) is 0 Å². The fourth-order valence-corrected chi connectivity index (χ4v) is 2.23. The van der Waals surface area contributed by atoms with E-state index in [2.05, 4.69) is 30.5 Å². The molecule has 0 radical (unpaired) electrons. The lowest BCUT2D eigenvalue weighted by Crippen LogP contribution is -2.00. The molecular weight excluding hydrogens is 240 g/mol. The summed E-state index contributed by atoms with van der Waals surface area (Å²) >= 11 is 1.73. The molecule has 1 nitrogen and oxygen atoms in total. The SMILES string of the molecule is CSc1ccc(CCC(=O)c2ccccc2)cc1. The molecule has 0 spiro atoms. The van der Waals surface area contributed by atoms with E-state index in [9.17, 15) is 4.79 Å². The molecule has 0 amide bonds. The third-order valence-corrected chi connectivity index (χ3v) is 3.64. The van der Waals surface area contributed by atoms with Crippen LogP contribution in [-0.4, -0.2) is 12.0 Å². The van der Waals surface area contributed by atoms with E-state index in [4.69, 9.17) is 0 Å². The highest BCUT2D eigenvalue weighted by Crippen LogP contribution is 2.16. The van der Waals surface area contributed by atoms with Crippen LogP contribution in [0.4, 0.5) is 0 Å². The standard InChI is InChI=1S/C16H16OS/c1-18-15-10-7-13(8-11-15)9-12-16(17)14-5-3-2-4-6-14/h2-8,10-11H,9,12H2,1H3. The van der Waals surface area contributed by atoms with Crippen LogP contribution in [0, 0.1) is 0 Å². The Morgan fingerprint density at radius 2 is 1.67 bits per heavy atom. The largest absolute Gasteiger partial charge is 0.294 e. The van der Waals surface area contributed by atoms with E-state index in [1.54, 1.807) is 11.8 Å². The van der Waals surface area contributed by atoms with Gasteiger partial charge in [-0.25, -0.2) is 0 Å². The normalized spacial score (nSPS) is 10.3. The number of benzene rings is 2. The topological polar surface area (TPSA) is 17.1 Å². The second-order valence-electron chi connectivity index (χ2n) is 4.14. The summed E-state index contributed by atoms with van der Waals surface area (Å²) < 4.78 is 0. The molecule has 0 heterocycles. The molecular formula is C16H16OS. The van der Waals surface area contributed by atoms with E-state index in [1.807, 2.05) is 30.3 Å². The first-order valence-electron chi connectivity index (χ1n) is 6.01. The highest BCUT2D eigenvalue weighted by Gasteiger charge is 2.05. The Bertz CT molecular complexity index is 502. The van der Waals surface area contributed by atoms with Gasteiger partial charge in [0, 0.05) is 16.9 Å². The van der Waals surface area contributed by atoms with Crippen LogP contribution in [-0.2, 0) is 6.42 Å². The third-order valence-electron chi connectivity index (χ3n) is 2.90. The average molecular weight is 256 g/mol. The molecule has 0 saturated carbocycles. The van der Waals surface area contributed by atoms with E-state index in [-0.39, 0.29) is 5.78 Å². The number of ketones is 1. The molecule has 0 aliphatic rings. The maximum atomic E-state index is 11.9. The zero-order chi connectivity index (χ0) is 12.8. The van der Waals surface area contributed by atoms with Crippen molar-refractivity contribution in [3.63, 3.8) is 0 Å². The van der Waals surface area contributed by atoms with Crippen molar-refractivity contribution in [1.29, 1.82) is 0 Å². The summed E-state index contributed by atoms with van der Waals surface area (Å²) in [5.74, 6) is 0.213. The number of hydrogen-bond acceptors (Lipinski definition) is 2. The van der Waals surface area contributed by atoms with Crippen molar-refractivity contribution < 1.29 is 4.79 Å². The van der Waals surface area contributed by atoms with Crippen LogP contribution in [0.15, 0.2) is 59.5 Å². The molecule has 2 aromatic carbocycles. The number of rotatable bonds is 5. The van der Waals surface area contributed by atoms with Crippen molar-refractivity contribution in [3.05, 3.63) is 65.7 Å². The first-order valence-corrected chi connectivity index (χ1v) is 7.23. The van der Waals surface area contributed by atoms with Crippen molar-refractivity contribution in [2.24, 2.45) is 0 Å². The monoisotopic (exact) mass is 256 g/mol. The zero-order valence-electron chi connectivity index (χ0n) is 10.4. The van der Waals surface area contributed by atoms with E-state index >= 15 is 0 Å². The molecule has 0 unspecified atom stereocenters. The van der Waals surface area contributed by atoms with Crippen LogP contribution in [0.25, 0.3) is 0 Å². The number of aryl methyl sites for hydroxylation is 1. The number of Topliss-reactive ketones (excluding diaryl/α,β-unsaturated/α-hetero) is 1. The van der Waals surface area contributed by atoms with Gasteiger partial charge in [0.2, 0.25) is 0 Å². The van der Waals surface area contributed by atoms with Crippen LogP contribution in [0.2, 0.25) is 0 Å². The van der Waals surface area contributed by atoms with Crippen molar-refractivity contribution in [1.82, 2.24) is 0 Å². The van der Waals surface area contributed by atoms with Gasteiger partial charge in [0.05, 0.1) is 0 Å². The first-order chi connectivity index (χ1) is 8.79. The van der Waals surface area contributed by atoms with Gasteiger partial charge in [0.1, 0.15) is 0 Å². The van der Waals surface area contributed by atoms with E-state index in [1.165, 1.54) is 10.5 Å². The lowest BCUT2D eigenvalue weighted by Gasteiger charge is -2.03. The van der Waals surface area contributed by atoms with E-state index < -0.39 is 0 Å². The molecule has 92 valence electrons. The summed E-state index contributed by atoms with van der Waals surface area (Å²) in [7, 11) is 0. The third kappa shape index (κ3) is 3.47. The minimum atomic E-state index is 0.213. The lowest BCUT2D eigenvalue weighted by molar-refractivity contribution is 0.0983. The molecule has 0 aliphatic carbocycles. The summed E-state index contributed by atoms with van der Waals surface area (Å²) in [5, 5.41) is 0. The van der Waals surface area contributed by atoms with Gasteiger partial charge in [-0.15, -0.1) is 11.8 Å². The van der Waals surface area contributed by atoms with Crippen molar-refractivity contribution >= 4 is 17.5 Å². The summed E-state index contributed by atoms with van der Waals surface area (Å²) in [6.45, 7) is 0. The van der Waals surface area contributed by atoms with Gasteiger partial charge in [0.25, 0.3) is 0 Å². The Kier molecular flexibility index (Phi) is 4.59.